The van der Waals surface area contributed by atoms with Gasteiger partial charge in [-0.1, -0.05) is 17.7 Å². The van der Waals surface area contributed by atoms with Crippen molar-refractivity contribution in [3.63, 3.8) is 0 Å². The third-order valence-electron chi connectivity index (χ3n) is 4.20. The summed E-state index contributed by atoms with van der Waals surface area (Å²) in [4.78, 5) is 3.54. The van der Waals surface area contributed by atoms with E-state index in [0.29, 0.717) is 28.3 Å². The van der Waals surface area contributed by atoms with Crippen molar-refractivity contribution < 1.29 is 22.7 Å². The first-order chi connectivity index (χ1) is 13.6. The van der Waals surface area contributed by atoms with Crippen LogP contribution in [0.2, 0.25) is 4.34 Å². The standard InChI is InChI=1S/C20H15ClF4N2OS/c1-26-11-12-10-13(2-7-16(12)27-15-5-3-14(22)4-6-15)19(28,20(23,24)25)17-8-9-18(21)29-17/h2-11,27-28H,1H3/b26-11-. The lowest BCUT2D eigenvalue weighted by atomic mass is 9.89. The van der Waals surface area contributed by atoms with Crippen LogP contribution in [0, 0.1) is 5.82 Å². The van der Waals surface area contributed by atoms with E-state index in [1.165, 1.54) is 61.8 Å². The molecular formula is C20H15ClF4N2OS. The number of benzene rings is 2. The molecule has 0 saturated carbocycles. The summed E-state index contributed by atoms with van der Waals surface area (Å²) >= 11 is 6.45. The highest BCUT2D eigenvalue weighted by Gasteiger charge is 2.57. The van der Waals surface area contributed by atoms with Gasteiger partial charge >= 0.3 is 6.18 Å². The summed E-state index contributed by atoms with van der Waals surface area (Å²) in [6.07, 6.45) is -3.61. The van der Waals surface area contributed by atoms with E-state index < -0.39 is 17.6 Å². The summed E-state index contributed by atoms with van der Waals surface area (Å²) in [6.45, 7) is 0. The molecule has 2 aromatic carbocycles. The second-order valence-electron chi connectivity index (χ2n) is 6.13. The lowest BCUT2D eigenvalue weighted by Crippen LogP contribution is -2.42. The molecule has 1 atom stereocenters. The number of halogens is 5. The Labute approximate surface area is 173 Å². The van der Waals surface area contributed by atoms with Gasteiger partial charge in [0.15, 0.2) is 0 Å². The van der Waals surface area contributed by atoms with Crippen LogP contribution in [0.5, 0.6) is 0 Å². The molecule has 0 radical (unpaired) electrons. The molecule has 152 valence electrons. The molecule has 0 amide bonds. The van der Waals surface area contributed by atoms with Gasteiger partial charge in [0.2, 0.25) is 5.60 Å². The van der Waals surface area contributed by atoms with Gasteiger partial charge in [-0.25, -0.2) is 4.39 Å². The highest BCUT2D eigenvalue weighted by molar-refractivity contribution is 7.16. The Bertz CT molecular complexity index is 1030. The Morgan fingerprint density at radius 1 is 1.07 bits per heavy atom. The van der Waals surface area contributed by atoms with Crippen molar-refractivity contribution >= 4 is 40.5 Å². The zero-order chi connectivity index (χ0) is 21.2. The molecule has 1 heterocycles. The molecular weight excluding hydrogens is 428 g/mol. The second-order valence-corrected chi connectivity index (χ2v) is 7.85. The fourth-order valence-corrected chi connectivity index (χ4v) is 3.97. The quantitative estimate of drug-likeness (QED) is 0.368. The monoisotopic (exact) mass is 442 g/mol. The van der Waals surface area contributed by atoms with Crippen LogP contribution in [0.15, 0.2) is 59.6 Å². The summed E-state index contributed by atoms with van der Waals surface area (Å²) in [5.74, 6) is -0.411. The third-order valence-corrected chi connectivity index (χ3v) is 5.54. The number of hydrogen-bond acceptors (Lipinski definition) is 4. The number of aliphatic hydroxyl groups is 1. The lowest BCUT2D eigenvalue weighted by Gasteiger charge is -2.30. The average molecular weight is 443 g/mol. The molecule has 0 fully saturated rings. The van der Waals surface area contributed by atoms with Crippen LogP contribution < -0.4 is 5.32 Å². The van der Waals surface area contributed by atoms with E-state index in [0.717, 1.165) is 6.07 Å². The Balaban J connectivity index is 2.09. The summed E-state index contributed by atoms with van der Waals surface area (Å²) in [5, 5.41) is 13.7. The van der Waals surface area contributed by atoms with Crippen molar-refractivity contribution in [2.24, 2.45) is 4.99 Å². The van der Waals surface area contributed by atoms with Gasteiger partial charge in [0.25, 0.3) is 0 Å². The number of anilines is 2. The molecule has 3 aromatic rings. The molecule has 0 spiro atoms. The number of nitrogens with zero attached hydrogens (tertiary/aromatic N) is 1. The zero-order valence-electron chi connectivity index (χ0n) is 15.0. The van der Waals surface area contributed by atoms with Crippen molar-refractivity contribution in [3.05, 3.63) is 80.8 Å². The molecule has 0 bridgehead atoms. The SMILES string of the molecule is C/N=C\c1cc(C(O)(c2ccc(Cl)s2)C(F)(F)F)ccc1Nc1ccc(F)cc1. The maximum atomic E-state index is 13.9. The van der Waals surface area contributed by atoms with E-state index in [1.807, 2.05) is 0 Å². The highest BCUT2D eigenvalue weighted by Crippen LogP contribution is 2.47. The van der Waals surface area contributed by atoms with Crippen molar-refractivity contribution in [3.8, 4) is 0 Å². The number of nitrogens with one attached hydrogen (secondary N) is 1. The van der Waals surface area contributed by atoms with Gasteiger partial charge < -0.3 is 10.4 Å². The van der Waals surface area contributed by atoms with Crippen LogP contribution >= 0.6 is 22.9 Å². The molecule has 0 saturated heterocycles. The predicted octanol–water partition coefficient (Wildman–Crippen LogP) is 6.13. The average Bonchev–Trinajstić information content (AvgIpc) is 3.10. The summed E-state index contributed by atoms with van der Waals surface area (Å²) in [6, 6.07) is 11.8. The largest absolute Gasteiger partial charge is 0.426 e. The van der Waals surface area contributed by atoms with Crippen LogP contribution in [-0.2, 0) is 5.60 Å². The topological polar surface area (TPSA) is 44.6 Å². The fraction of sp³-hybridized carbons (Fsp3) is 0.150. The summed E-state index contributed by atoms with van der Waals surface area (Å²) in [7, 11) is 1.48. The maximum Gasteiger partial charge on any atom is 0.426 e. The Morgan fingerprint density at radius 2 is 1.76 bits per heavy atom. The molecule has 3 rings (SSSR count). The normalized spacial score (nSPS) is 14.2. The fourth-order valence-electron chi connectivity index (χ4n) is 2.79. The number of hydrogen-bond donors (Lipinski definition) is 2. The predicted molar refractivity (Wildman–Crippen MR) is 108 cm³/mol. The Kier molecular flexibility index (Phi) is 5.97. The van der Waals surface area contributed by atoms with Crippen LogP contribution in [0.25, 0.3) is 0 Å². The van der Waals surface area contributed by atoms with Crippen molar-refractivity contribution in [1.82, 2.24) is 0 Å². The van der Waals surface area contributed by atoms with Gasteiger partial charge in [-0.15, -0.1) is 11.3 Å². The van der Waals surface area contributed by atoms with Gasteiger partial charge in [-0.2, -0.15) is 13.2 Å². The first-order valence-electron chi connectivity index (χ1n) is 8.29. The number of thiophene rings is 1. The Hall–Kier alpha value is -2.42. The molecule has 2 N–H and O–H groups in total. The molecule has 29 heavy (non-hydrogen) atoms. The minimum Gasteiger partial charge on any atom is -0.372 e. The minimum atomic E-state index is -4.98. The first kappa shape index (κ1) is 21.3. The summed E-state index contributed by atoms with van der Waals surface area (Å²) < 4.78 is 55.0. The third kappa shape index (κ3) is 4.29. The van der Waals surface area contributed by atoms with Gasteiger partial charge in [-0.3, -0.25) is 4.99 Å². The van der Waals surface area contributed by atoms with Gasteiger partial charge in [0.05, 0.1) is 9.21 Å². The van der Waals surface area contributed by atoms with Crippen molar-refractivity contribution in [2.75, 3.05) is 12.4 Å². The minimum absolute atomic E-state index is 0.132. The zero-order valence-corrected chi connectivity index (χ0v) is 16.5. The van der Waals surface area contributed by atoms with Gasteiger partial charge in [0, 0.05) is 30.2 Å². The van der Waals surface area contributed by atoms with Crippen LogP contribution in [0.1, 0.15) is 16.0 Å². The van der Waals surface area contributed by atoms with Gasteiger partial charge in [0.1, 0.15) is 5.82 Å². The molecule has 3 nitrogen and oxygen atoms in total. The van der Waals surface area contributed by atoms with E-state index in [-0.39, 0.29) is 14.8 Å². The summed E-state index contributed by atoms with van der Waals surface area (Å²) in [5.41, 5.74) is -2.29. The molecule has 0 aliphatic rings. The number of aliphatic imine (C=N–C) groups is 1. The maximum absolute atomic E-state index is 13.9. The van der Waals surface area contributed by atoms with E-state index in [9.17, 15) is 22.7 Å². The van der Waals surface area contributed by atoms with E-state index in [2.05, 4.69) is 10.3 Å². The highest BCUT2D eigenvalue weighted by atomic mass is 35.5. The Morgan fingerprint density at radius 3 is 2.31 bits per heavy atom. The lowest BCUT2D eigenvalue weighted by molar-refractivity contribution is -0.247. The smallest absolute Gasteiger partial charge is 0.372 e. The molecule has 1 unspecified atom stereocenters. The van der Waals surface area contributed by atoms with Gasteiger partial charge in [-0.05, 0) is 54.1 Å². The van der Waals surface area contributed by atoms with E-state index in [1.54, 1.807) is 0 Å². The van der Waals surface area contributed by atoms with E-state index in [4.69, 9.17) is 11.6 Å². The molecule has 0 aliphatic carbocycles. The van der Waals surface area contributed by atoms with Crippen molar-refractivity contribution in [1.29, 1.82) is 0 Å². The molecule has 1 aromatic heterocycles. The second kappa shape index (κ2) is 8.14. The number of rotatable bonds is 5. The molecule has 9 heteroatoms. The van der Waals surface area contributed by atoms with Crippen LogP contribution in [0.3, 0.4) is 0 Å². The van der Waals surface area contributed by atoms with Crippen LogP contribution in [-0.4, -0.2) is 24.5 Å². The van der Waals surface area contributed by atoms with Crippen molar-refractivity contribution in [2.45, 2.75) is 11.8 Å². The van der Waals surface area contributed by atoms with E-state index >= 15 is 0 Å². The number of alkyl halides is 3. The molecule has 0 aliphatic heterocycles. The van der Waals surface area contributed by atoms with Crippen LogP contribution in [0.4, 0.5) is 28.9 Å². The first-order valence-corrected chi connectivity index (χ1v) is 9.49.